The topological polar surface area (TPSA) is 79.9 Å². The molecule has 2 N–H and O–H groups in total. The van der Waals surface area contributed by atoms with Crippen molar-refractivity contribution < 1.29 is 24.2 Å². The van der Waals surface area contributed by atoms with Crippen LogP contribution in [0.25, 0.3) is 11.0 Å². The second kappa shape index (κ2) is 4.23. The highest BCUT2D eigenvalue weighted by molar-refractivity contribution is 9.11. The van der Waals surface area contributed by atoms with Crippen LogP contribution in [0.4, 0.5) is 0 Å². The monoisotopic (exact) mass is 364 g/mol. The van der Waals surface area contributed by atoms with Crippen LogP contribution in [0.5, 0.6) is 11.5 Å². The molecule has 0 bridgehead atoms. The van der Waals surface area contributed by atoms with Gasteiger partial charge in [-0.05, 0) is 31.9 Å². The average Bonchev–Trinajstić information content (AvgIpc) is 2.65. The van der Waals surface area contributed by atoms with Gasteiger partial charge in [-0.25, -0.2) is 4.79 Å². The lowest BCUT2D eigenvalue weighted by Crippen LogP contribution is -2.02. The molecule has 0 unspecified atom stereocenters. The van der Waals surface area contributed by atoms with Gasteiger partial charge < -0.3 is 19.4 Å². The van der Waals surface area contributed by atoms with Crippen LogP contribution in [0.3, 0.4) is 0 Å². The molecule has 0 radical (unpaired) electrons. The predicted molar refractivity (Wildman–Crippen MR) is 66.8 cm³/mol. The van der Waals surface area contributed by atoms with Gasteiger partial charge in [0.2, 0.25) is 0 Å². The van der Waals surface area contributed by atoms with Gasteiger partial charge in [-0.15, -0.1) is 0 Å². The molecular weight excluding hydrogens is 360 g/mol. The fraction of sp³-hybridized carbons (Fsp3) is 0.100. The Morgan fingerprint density at radius 3 is 2.65 bits per heavy atom. The van der Waals surface area contributed by atoms with Crippen molar-refractivity contribution in [1.82, 2.24) is 0 Å². The zero-order valence-corrected chi connectivity index (χ0v) is 11.6. The Morgan fingerprint density at radius 1 is 1.47 bits per heavy atom. The highest BCUT2D eigenvalue weighted by Crippen LogP contribution is 2.46. The van der Waals surface area contributed by atoms with Gasteiger partial charge in [0.25, 0.3) is 0 Å². The number of furan rings is 1. The van der Waals surface area contributed by atoms with Crippen molar-refractivity contribution in [2.45, 2.75) is 0 Å². The van der Waals surface area contributed by atoms with E-state index >= 15 is 0 Å². The van der Waals surface area contributed by atoms with E-state index < -0.39 is 11.7 Å². The number of aromatic hydroxyl groups is 1. The number of carboxylic acid groups (broad SMARTS) is 1. The van der Waals surface area contributed by atoms with Crippen LogP contribution in [0.1, 0.15) is 10.4 Å². The van der Waals surface area contributed by atoms with Crippen LogP contribution < -0.4 is 4.74 Å². The molecule has 1 heterocycles. The third-order valence-electron chi connectivity index (χ3n) is 2.26. The molecule has 0 amide bonds. The number of methoxy groups -OCH3 is 1. The first-order valence-electron chi connectivity index (χ1n) is 4.37. The Bertz CT molecular complexity index is 617. The maximum absolute atomic E-state index is 11.1. The van der Waals surface area contributed by atoms with Crippen LogP contribution in [-0.4, -0.2) is 23.3 Å². The van der Waals surface area contributed by atoms with E-state index in [0.717, 1.165) is 0 Å². The molecule has 0 aliphatic heterocycles. The van der Waals surface area contributed by atoms with Crippen molar-refractivity contribution in [3.8, 4) is 11.5 Å². The molecule has 0 aliphatic rings. The van der Waals surface area contributed by atoms with Crippen LogP contribution >= 0.6 is 31.9 Å². The molecule has 2 rings (SSSR count). The number of hydrogen-bond acceptors (Lipinski definition) is 4. The van der Waals surface area contributed by atoms with Crippen molar-refractivity contribution in [3.05, 3.63) is 20.8 Å². The van der Waals surface area contributed by atoms with Crippen molar-refractivity contribution in [2.24, 2.45) is 0 Å². The van der Waals surface area contributed by atoms with Crippen molar-refractivity contribution in [2.75, 3.05) is 7.11 Å². The zero-order valence-electron chi connectivity index (χ0n) is 8.45. The van der Waals surface area contributed by atoms with Gasteiger partial charge in [-0.1, -0.05) is 0 Å². The maximum atomic E-state index is 11.1. The number of ether oxygens (including phenoxy) is 1. The summed E-state index contributed by atoms with van der Waals surface area (Å²) >= 11 is 6.32. The molecule has 7 heteroatoms. The molecule has 5 nitrogen and oxygen atoms in total. The first-order chi connectivity index (χ1) is 7.99. The lowest BCUT2D eigenvalue weighted by molar-refractivity contribution is 0.0690. The van der Waals surface area contributed by atoms with Crippen molar-refractivity contribution >= 4 is 48.8 Å². The molecule has 90 valence electrons. The number of carboxylic acids is 1. The minimum atomic E-state index is -1.28. The Morgan fingerprint density at radius 2 is 2.12 bits per heavy atom. The van der Waals surface area contributed by atoms with Crippen LogP contribution in [0.2, 0.25) is 0 Å². The van der Waals surface area contributed by atoms with E-state index in [0.29, 0.717) is 15.4 Å². The smallest absolute Gasteiger partial charge is 0.343 e. The molecule has 17 heavy (non-hydrogen) atoms. The van der Waals surface area contributed by atoms with Crippen LogP contribution in [-0.2, 0) is 0 Å². The number of benzene rings is 1. The fourth-order valence-electron chi connectivity index (χ4n) is 1.56. The molecule has 1 aromatic carbocycles. The van der Waals surface area contributed by atoms with E-state index in [1.807, 2.05) is 0 Å². The molecule has 1 aromatic heterocycles. The van der Waals surface area contributed by atoms with Gasteiger partial charge >= 0.3 is 5.97 Å². The van der Waals surface area contributed by atoms with Crippen LogP contribution in [0, 0.1) is 0 Å². The SMILES string of the molecule is COc1c(C(=O)O)c(O)c(Br)c2occ(Br)c12. The van der Waals surface area contributed by atoms with Crippen molar-refractivity contribution in [1.29, 1.82) is 0 Å². The Balaban J connectivity index is 3.03. The molecule has 0 saturated heterocycles. The van der Waals surface area contributed by atoms with E-state index in [4.69, 9.17) is 14.3 Å². The first kappa shape index (κ1) is 12.3. The molecule has 0 atom stereocenters. The lowest BCUT2D eigenvalue weighted by atomic mass is 10.1. The number of carbonyl (C=O) groups is 1. The maximum Gasteiger partial charge on any atom is 0.343 e. The van der Waals surface area contributed by atoms with Gasteiger partial charge in [0.15, 0.2) is 11.3 Å². The summed E-state index contributed by atoms with van der Waals surface area (Å²) in [6.07, 6.45) is 1.39. The Kier molecular flexibility index (Phi) is 3.05. The summed E-state index contributed by atoms with van der Waals surface area (Å²) in [5, 5.41) is 19.3. The Hall–Kier alpha value is -1.21. The summed E-state index contributed by atoms with van der Waals surface area (Å²) in [6, 6.07) is 0. The van der Waals surface area contributed by atoms with E-state index in [9.17, 15) is 9.90 Å². The summed E-state index contributed by atoms with van der Waals surface area (Å²) in [7, 11) is 1.33. The van der Waals surface area contributed by atoms with E-state index in [1.165, 1.54) is 13.4 Å². The van der Waals surface area contributed by atoms with Gasteiger partial charge in [0.1, 0.15) is 22.0 Å². The number of rotatable bonds is 2. The van der Waals surface area contributed by atoms with E-state index in [-0.39, 0.29) is 15.8 Å². The molecule has 0 spiro atoms. The summed E-state index contributed by atoms with van der Waals surface area (Å²) < 4.78 is 11.0. The quantitative estimate of drug-likeness (QED) is 0.852. The molecule has 0 aliphatic carbocycles. The van der Waals surface area contributed by atoms with Gasteiger partial charge in [0.05, 0.1) is 17.0 Å². The number of fused-ring (bicyclic) bond motifs is 1. The standard InChI is InChI=1S/C10H6Br2O5/c1-16-8-4-3(11)2-17-9(4)6(12)7(13)5(8)10(14)15/h2,13H,1H3,(H,14,15). The zero-order chi connectivity index (χ0) is 12.7. The number of aromatic carboxylic acids is 1. The highest BCUT2D eigenvalue weighted by Gasteiger charge is 2.26. The summed E-state index contributed by atoms with van der Waals surface area (Å²) in [5.74, 6) is -1.66. The lowest BCUT2D eigenvalue weighted by Gasteiger charge is -2.10. The van der Waals surface area contributed by atoms with E-state index in [1.54, 1.807) is 0 Å². The third kappa shape index (κ3) is 1.69. The number of hydrogen-bond donors (Lipinski definition) is 2. The summed E-state index contributed by atoms with van der Waals surface area (Å²) in [5.41, 5.74) is 0.00481. The number of halogens is 2. The van der Waals surface area contributed by atoms with Gasteiger partial charge in [-0.3, -0.25) is 0 Å². The van der Waals surface area contributed by atoms with Crippen molar-refractivity contribution in [3.63, 3.8) is 0 Å². The summed E-state index contributed by atoms with van der Waals surface area (Å²) in [6.45, 7) is 0. The molecule has 0 fully saturated rings. The minimum absolute atomic E-state index is 0.0498. The third-order valence-corrected chi connectivity index (χ3v) is 3.58. The fourth-order valence-corrected chi connectivity index (χ4v) is 2.51. The van der Waals surface area contributed by atoms with Gasteiger partial charge in [-0.2, -0.15) is 0 Å². The second-order valence-corrected chi connectivity index (χ2v) is 4.81. The average molecular weight is 366 g/mol. The second-order valence-electron chi connectivity index (χ2n) is 3.16. The Labute approximate surface area is 112 Å². The normalized spacial score (nSPS) is 10.8. The molecule has 2 aromatic rings. The minimum Gasteiger partial charge on any atom is -0.506 e. The van der Waals surface area contributed by atoms with Crippen LogP contribution in [0.15, 0.2) is 19.6 Å². The van der Waals surface area contributed by atoms with E-state index in [2.05, 4.69) is 31.9 Å². The first-order valence-corrected chi connectivity index (χ1v) is 5.96. The highest BCUT2D eigenvalue weighted by atomic mass is 79.9. The number of phenols is 1. The molecular formula is C10H6Br2O5. The summed E-state index contributed by atoms with van der Waals surface area (Å²) in [4.78, 5) is 11.1. The molecule has 0 saturated carbocycles. The van der Waals surface area contributed by atoms with Gasteiger partial charge in [0, 0.05) is 0 Å². The largest absolute Gasteiger partial charge is 0.506 e. The predicted octanol–water partition coefficient (Wildman–Crippen LogP) is 3.37.